The third-order valence-corrected chi connectivity index (χ3v) is 4.85. The van der Waals surface area contributed by atoms with Gasteiger partial charge >= 0.3 is 0 Å². The van der Waals surface area contributed by atoms with E-state index in [1.54, 1.807) is 12.1 Å². The molecule has 20 heavy (non-hydrogen) atoms. The molecule has 0 saturated heterocycles. The number of ether oxygens (including phenoxy) is 2. The molecule has 0 unspecified atom stereocenters. The molecule has 114 valence electrons. The van der Waals surface area contributed by atoms with Gasteiger partial charge in [0.2, 0.25) is 10.0 Å². The first-order valence-corrected chi connectivity index (χ1v) is 7.84. The molecule has 1 aromatic carbocycles. The molecule has 0 aliphatic rings. The van der Waals surface area contributed by atoms with Crippen LogP contribution < -0.4 is 14.2 Å². The van der Waals surface area contributed by atoms with E-state index < -0.39 is 10.0 Å². The van der Waals surface area contributed by atoms with Gasteiger partial charge in [-0.1, -0.05) is 20.8 Å². The lowest BCUT2D eigenvalue weighted by Crippen LogP contribution is -2.41. The van der Waals surface area contributed by atoms with Gasteiger partial charge in [0.15, 0.2) is 0 Å². The topological polar surface area (TPSA) is 64.6 Å². The predicted octanol–water partition coefficient (Wildman–Crippen LogP) is 2.42. The van der Waals surface area contributed by atoms with Gasteiger partial charge in [0.25, 0.3) is 0 Å². The highest BCUT2D eigenvalue weighted by atomic mass is 32.2. The summed E-state index contributed by atoms with van der Waals surface area (Å²) in [5.74, 6) is 0.758. The maximum Gasteiger partial charge on any atom is 0.244 e. The lowest BCUT2D eigenvalue weighted by Gasteiger charge is -2.28. The highest BCUT2D eigenvalue weighted by molar-refractivity contribution is 7.89. The van der Waals surface area contributed by atoms with Crippen molar-refractivity contribution in [2.75, 3.05) is 14.2 Å². The van der Waals surface area contributed by atoms with Gasteiger partial charge in [-0.25, -0.2) is 13.1 Å². The van der Waals surface area contributed by atoms with E-state index in [0.717, 1.165) is 0 Å². The number of benzene rings is 1. The zero-order valence-corrected chi connectivity index (χ0v) is 13.7. The summed E-state index contributed by atoms with van der Waals surface area (Å²) in [5, 5.41) is 0. The second-order valence-electron chi connectivity index (χ2n) is 5.73. The summed E-state index contributed by atoms with van der Waals surface area (Å²) in [4.78, 5) is 0.0791. The zero-order chi connectivity index (χ0) is 15.6. The molecule has 1 rings (SSSR count). The van der Waals surface area contributed by atoms with Crippen LogP contribution in [0.5, 0.6) is 11.5 Å². The Morgan fingerprint density at radius 3 is 2.20 bits per heavy atom. The Kier molecular flexibility index (Phi) is 5.05. The summed E-state index contributed by atoms with van der Waals surface area (Å²) in [6.45, 7) is 7.76. The van der Waals surface area contributed by atoms with Gasteiger partial charge in [-0.2, -0.15) is 0 Å². The number of hydrogen-bond donors (Lipinski definition) is 1. The molecular formula is C14H23NO4S. The standard InChI is InChI=1S/C14H23NO4S/c1-10(14(2,3)4)15-20(16,17)13-9-11(18-5)7-8-12(13)19-6/h7-10,15H,1-6H3/t10-/m1/s1. The maximum absolute atomic E-state index is 12.5. The number of hydrogen-bond acceptors (Lipinski definition) is 4. The minimum Gasteiger partial charge on any atom is -0.497 e. The Bertz CT molecular complexity index is 561. The maximum atomic E-state index is 12.5. The minimum absolute atomic E-state index is 0.0791. The number of sulfonamides is 1. The van der Waals surface area contributed by atoms with E-state index in [1.807, 2.05) is 27.7 Å². The number of methoxy groups -OCH3 is 2. The highest BCUT2D eigenvalue weighted by Gasteiger charge is 2.28. The average Bonchev–Trinajstić information content (AvgIpc) is 2.36. The van der Waals surface area contributed by atoms with Gasteiger partial charge in [0.1, 0.15) is 16.4 Å². The molecule has 1 aromatic rings. The van der Waals surface area contributed by atoms with Gasteiger partial charge in [0, 0.05) is 12.1 Å². The average molecular weight is 301 g/mol. The Morgan fingerprint density at radius 2 is 1.75 bits per heavy atom. The molecular weight excluding hydrogens is 278 g/mol. The van der Waals surface area contributed by atoms with E-state index in [2.05, 4.69) is 4.72 Å². The second-order valence-corrected chi connectivity index (χ2v) is 7.41. The third-order valence-electron chi connectivity index (χ3n) is 3.29. The largest absolute Gasteiger partial charge is 0.497 e. The fourth-order valence-electron chi connectivity index (χ4n) is 1.47. The van der Waals surface area contributed by atoms with Crippen molar-refractivity contribution in [3.05, 3.63) is 18.2 Å². The Balaban J connectivity index is 3.21. The van der Waals surface area contributed by atoms with Gasteiger partial charge in [-0.05, 0) is 24.5 Å². The van der Waals surface area contributed by atoms with E-state index in [9.17, 15) is 8.42 Å². The molecule has 0 heterocycles. The smallest absolute Gasteiger partial charge is 0.244 e. The van der Waals surface area contributed by atoms with E-state index in [-0.39, 0.29) is 16.4 Å². The first-order valence-electron chi connectivity index (χ1n) is 6.36. The molecule has 0 amide bonds. The van der Waals surface area contributed by atoms with Crippen molar-refractivity contribution in [1.29, 1.82) is 0 Å². The fraction of sp³-hybridized carbons (Fsp3) is 0.571. The molecule has 0 saturated carbocycles. The fourth-order valence-corrected chi connectivity index (χ4v) is 3.10. The SMILES string of the molecule is COc1ccc(OC)c(S(=O)(=O)N[C@H](C)C(C)(C)C)c1. The lowest BCUT2D eigenvalue weighted by molar-refractivity contribution is 0.317. The van der Waals surface area contributed by atoms with Crippen LogP contribution in [0.1, 0.15) is 27.7 Å². The van der Waals surface area contributed by atoms with Crippen LogP contribution in [0.4, 0.5) is 0 Å². The molecule has 0 bridgehead atoms. The van der Waals surface area contributed by atoms with Crippen LogP contribution in [-0.4, -0.2) is 28.7 Å². The number of nitrogens with one attached hydrogen (secondary N) is 1. The highest BCUT2D eigenvalue weighted by Crippen LogP contribution is 2.29. The quantitative estimate of drug-likeness (QED) is 0.907. The van der Waals surface area contributed by atoms with Crippen LogP contribution in [0.2, 0.25) is 0 Å². The molecule has 0 aliphatic carbocycles. The molecule has 1 atom stereocenters. The third kappa shape index (κ3) is 3.86. The van der Waals surface area contributed by atoms with Crippen LogP contribution in [0.15, 0.2) is 23.1 Å². The van der Waals surface area contributed by atoms with Crippen molar-refractivity contribution in [1.82, 2.24) is 4.72 Å². The first kappa shape index (κ1) is 16.8. The predicted molar refractivity (Wildman–Crippen MR) is 78.8 cm³/mol. The first-order chi connectivity index (χ1) is 9.11. The van der Waals surface area contributed by atoms with Crippen LogP contribution in [0, 0.1) is 5.41 Å². The van der Waals surface area contributed by atoms with Gasteiger partial charge in [-0.15, -0.1) is 0 Å². The minimum atomic E-state index is -3.67. The Morgan fingerprint density at radius 1 is 1.15 bits per heavy atom. The molecule has 0 fully saturated rings. The zero-order valence-electron chi connectivity index (χ0n) is 12.9. The molecule has 6 heteroatoms. The Hall–Kier alpha value is -1.27. The molecule has 1 N–H and O–H groups in total. The van der Waals surface area contributed by atoms with Crippen molar-refractivity contribution < 1.29 is 17.9 Å². The monoisotopic (exact) mass is 301 g/mol. The molecule has 0 aliphatic heterocycles. The van der Waals surface area contributed by atoms with Crippen molar-refractivity contribution in [2.45, 2.75) is 38.6 Å². The van der Waals surface area contributed by atoms with E-state index in [4.69, 9.17) is 9.47 Å². The van der Waals surface area contributed by atoms with Crippen molar-refractivity contribution in [3.8, 4) is 11.5 Å². The summed E-state index contributed by atoms with van der Waals surface area (Å²) in [6.07, 6.45) is 0. The molecule has 5 nitrogen and oxygen atoms in total. The van der Waals surface area contributed by atoms with Gasteiger partial charge in [0.05, 0.1) is 14.2 Å². The van der Waals surface area contributed by atoms with E-state index >= 15 is 0 Å². The summed E-state index contributed by atoms with van der Waals surface area (Å²) in [5.41, 5.74) is -0.181. The molecule has 0 spiro atoms. The van der Waals surface area contributed by atoms with Gasteiger partial charge < -0.3 is 9.47 Å². The summed E-state index contributed by atoms with van der Waals surface area (Å²) in [6, 6.07) is 4.47. The summed E-state index contributed by atoms with van der Waals surface area (Å²) >= 11 is 0. The van der Waals surface area contributed by atoms with Crippen molar-refractivity contribution in [3.63, 3.8) is 0 Å². The van der Waals surface area contributed by atoms with Crippen LogP contribution in [-0.2, 0) is 10.0 Å². The molecule has 0 aromatic heterocycles. The van der Waals surface area contributed by atoms with E-state index in [1.165, 1.54) is 20.3 Å². The Labute approximate surface area is 121 Å². The van der Waals surface area contributed by atoms with Crippen LogP contribution >= 0.6 is 0 Å². The number of rotatable bonds is 5. The summed E-state index contributed by atoms with van der Waals surface area (Å²) < 4.78 is 37.9. The normalized spacial score (nSPS) is 13.9. The van der Waals surface area contributed by atoms with E-state index in [0.29, 0.717) is 11.5 Å². The van der Waals surface area contributed by atoms with Crippen LogP contribution in [0.25, 0.3) is 0 Å². The summed E-state index contributed by atoms with van der Waals surface area (Å²) in [7, 11) is -0.745. The lowest BCUT2D eigenvalue weighted by atomic mass is 9.89. The van der Waals surface area contributed by atoms with Crippen LogP contribution in [0.3, 0.4) is 0 Å². The van der Waals surface area contributed by atoms with Gasteiger partial charge in [-0.3, -0.25) is 0 Å². The van der Waals surface area contributed by atoms with Crippen molar-refractivity contribution in [2.24, 2.45) is 5.41 Å². The second kappa shape index (κ2) is 6.01. The van der Waals surface area contributed by atoms with Crippen molar-refractivity contribution >= 4 is 10.0 Å². The molecule has 0 radical (unpaired) electrons.